The number of halogens is 1. The van der Waals surface area contributed by atoms with Gasteiger partial charge in [-0.3, -0.25) is 0 Å². The maximum Gasteiger partial charge on any atom is 0.0248 e. The second kappa shape index (κ2) is 3.74. The van der Waals surface area contributed by atoms with Crippen molar-refractivity contribution in [2.45, 2.75) is 19.8 Å². The van der Waals surface area contributed by atoms with E-state index in [1.165, 1.54) is 32.3 Å². The molecule has 2 aromatic carbocycles. The van der Waals surface area contributed by atoms with Crippen LogP contribution in [-0.2, 0) is 12.8 Å². The lowest BCUT2D eigenvalue weighted by Crippen LogP contribution is -1.89. The number of aryl methyl sites for hydroxylation is 1. The van der Waals surface area contributed by atoms with Crippen molar-refractivity contribution in [2.24, 2.45) is 0 Å². The molecular weight excluding hydrogens is 260 g/mol. The monoisotopic (exact) mass is 272 g/mol. The predicted octanol–water partition coefficient (Wildman–Crippen LogP) is 4.58. The molecule has 0 aliphatic heterocycles. The van der Waals surface area contributed by atoms with Crippen molar-refractivity contribution < 1.29 is 0 Å². The zero-order valence-corrected chi connectivity index (χ0v) is 10.8. The molecule has 0 unspecified atom stereocenters. The highest BCUT2D eigenvalue weighted by Gasteiger charge is 2.20. The first-order valence-corrected chi connectivity index (χ1v) is 6.49. The van der Waals surface area contributed by atoms with Crippen LogP contribution in [-0.4, -0.2) is 0 Å². The summed E-state index contributed by atoms with van der Waals surface area (Å²) >= 11 is 3.75. The quantitative estimate of drug-likeness (QED) is 0.608. The standard InChI is InChI=1S/C15H13Br/c1-2-10-7-8-13-12-6-4-3-5-11(12)9-14(13)15(10)16/h3-8H,2,9H2,1H3. The second-order valence-electron chi connectivity index (χ2n) is 4.25. The van der Waals surface area contributed by atoms with Crippen molar-refractivity contribution in [3.05, 3.63) is 57.6 Å². The van der Waals surface area contributed by atoms with Gasteiger partial charge < -0.3 is 0 Å². The minimum atomic E-state index is 1.07. The Labute approximate surface area is 104 Å². The van der Waals surface area contributed by atoms with Crippen molar-refractivity contribution in [1.82, 2.24) is 0 Å². The highest BCUT2D eigenvalue weighted by Crippen LogP contribution is 2.41. The SMILES string of the molecule is CCc1ccc2c(c1Br)Cc1ccccc1-2. The second-order valence-corrected chi connectivity index (χ2v) is 5.05. The zero-order chi connectivity index (χ0) is 11.1. The van der Waals surface area contributed by atoms with Crippen LogP contribution in [0.4, 0.5) is 0 Å². The van der Waals surface area contributed by atoms with Gasteiger partial charge in [-0.1, -0.05) is 59.3 Å². The van der Waals surface area contributed by atoms with E-state index in [1.807, 2.05) is 0 Å². The van der Waals surface area contributed by atoms with Gasteiger partial charge in [0.2, 0.25) is 0 Å². The number of benzene rings is 2. The van der Waals surface area contributed by atoms with Crippen LogP contribution >= 0.6 is 15.9 Å². The van der Waals surface area contributed by atoms with Crippen LogP contribution < -0.4 is 0 Å². The summed E-state index contributed by atoms with van der Waals surface area (Å²) in [4.78, 5) is 0. The predicted molar refractivity (Wildman–Crippen MR) is 71.8 cm³/mol. The molecule has 0 aromatic heterocycles. The molecule has 2 aromatic rings. The van der Waals surface area contributed by atoms with E-state index in [0.29, 0.717) is 0 Å². The van der Waals surface area contributed by atoms with Gasteiger partial charge in [-0.15, -0.1) is 0 Å². The van der Waals surface area contributed by atoms with Crippen LogP contribution in [0.1, 0.15) is 23.6 Å². The van der Waals surface area contributed by atoms with Gasteiger partial charge in [-0.05, 0) is 40.7 Å². The molecule has 0 spiro atoms. The molecule has 1 aliphatic carbocycles. The van der Waals surface area contributed by atoms with Crippen molar-refractivity contribution >= 4 is 15.9 Å². The van der Waals surface area contributed by atoms with Crippen molar-refractivity contribution in [3.63, 3.8) is 0 Å². The molecule has 1 heteroatoms. The molecule has 0 bridgehead atoms. The van der Waals surface area contributed by atoms with Gasteiger partial charge in [-0.2, -0.15) is 0 Å². The molecule has 0 radical (unpaired) electrons. The smallest absolute Gasteiger partial charge is 0.0248 e. The molecule has 0 amide bonds. The molecule has 80 valence electrons. The molecular formula is C15H13Br. The third-order valence-electron chi connectivity index (χ3n) is 3.38. The van der Waals surface area contributed by atoms with Crippen LogP contribution in [0.15, 0.2) is 40.9 Å². The maximum atomic E-state index is 3.75. The van der Waals surface area contributed by atoms with E-state index < -0.39 is 0 Å². The first-order chi connectivity index (χ1) is 7.81. The topological polar surface area (TPSA) is 0 Å². The van der Waals surface area contributed by atoms with E-state index in [-0.39, 0.29) is 0 Å². The molecule has 0 saturated carbocycles. The number of fused-ring (bicyclic) bond motifs is 3. The van der Waals surface area contributed by atoms with Crippen LogP contribution in [0.25, 0.3) is 11.1 Å². The highest BCUT2D eigenvalue weighted by molar-refractivity contribution is 9.10. The van der Waals surface area contributed by atoms with Crippen LogP contribution in [0.5, 0.6) is 0 Å². The van der Waals surface area contributed by atoms with Gasteiger partial charge in [-0.25, -0.2) is 0 Å². The Balaban J connectivity index is 2.24. The van der Waals surface area contributed by atoms with E-state index in [9.17, 15) is 0 Å². The number of hydrogen-bond donors (Lipinski definition) is 0. The van der Waals surface area contributed by atoms with Crippen molar-refractivity contribution in [2.75, 3.05) is 0 Å². The normalized spacial score (nSPS) is 12.4. The highest BCUT2D eigenvalue weighted by atomic mass is 79.9. The Morgan fingerprint density at radius 3 is 2.69 bits per heavy atom. The number of rotatable bonds is 1. The van der Waals surface area contributed by atoms with Crippen LogP contribution in [0.2, 0.25) is 0 Å². The Bertz CT molecular complexity index is 555. The Morgan fingerprint density at radius 2 is 1.88 bits per heavy atom. The van der Waals surface area contributed by atoms with Gasteiger partial charge in [0, 0.05) is 4.47 Å². The first kappa shape index (κ1) is 10.1. The van der Waals surface area contributed by atoms with Crippen molar-refractivity contribution in [1.29, 1.82) is 0 Å². The third kappa shape index (κ3) is 1.35. The Kier molecular flexibility index (Phi) is 2.36. The van der Waals surface area contributed by atoms with E-state index in [2.05, 4.69) is 59.3 Å². The lowest BCUT2D eigenvalue weighted by atomic mass is 10.0. The zero-order valence-electron chi connectivity index (χ0n) is 9.26. The summed E-state index contributed by atoms with van der Waals surface area (Å²) in [5, 5.41) is 0. The summed E-state index contributed by atoms with van der Waals surface area (Å²) in [5.74, 6) is 0. The lowest BCUT2D eigenvalue weighted by Gasteiger charge is -2.07. The molecule has 0 heterocycles. The van der Waals surface area contributed by atoms with Crippen molar-refractivity contribution in [3.8, 4) is 11.1 Å². The first-order valence-electron chi connectivity index (χ1n) is 5.69. The molecule has 16 heavy (non-hydrogen) atoms. The largest absolute Gasteiger partial charge is 0.0619 e. The fourth-order valence-corrected chi connectivity index (χ4v) is 3.26. The molecule has 0 N–H and O–H groups in total. The van der Waals surface area contributed by atoms with E-state index in [0.717, 1.165) is 12.8 Å². The maximum absolute atomic E-state index is 3.75. The summed E-state index contributed by atoms with van der Waals surface area (Å²) in [6, 6.07) is 13.2. The molecule has 1 aliphatic rings. The molecule has 0 atom stereocenters. The van der Waals surface area contributed by atoms with E-state index >= 15 is 0 Å². The fraction of sp³-hybridized carbons (Fsp3) is 0.200. The lowest BCUT2D eigenvalue weighted by molar-refractivity contribution is 1.11. The van der Waals surface area contributed by atoms with Gasteiger partial charge in [0.15, 0.2) is 0 Å². The van der Waals surface area contributed by atoms with Gasteiger partial charge in [0.05, 0.1) is 0 Å². The van der Waals surface area contributed by atoms with Crippen LogP contribution in [0, 0.1) is 0 Å². The summed E-state index contributed by atoms with van der Waals surface area (Å²) in [5.41, 5.74) is 7.12. The average Bonchev–Trinajstić information content (AvgIpc) is 2.69. The minimum Gasteiger partial charge on any atom is -0.0619 e. The Morgan fingerprint density at radius 1 is 1.06 bits per heavy atom. The molecule has 3 rings (SSSR count). The molecule has 0 fully saturated rings. The molecule has 0 nitrogen and oxygen atoms in total. The summed E-state index contributed by atoms with van der Waals surface area (Å²) in [6.45, 7) is 2.20. The van der Waals surface area contributed by atoms with Gasteiger partial charge >= 0.3 is 0 Å². The third-order valence-corrected chi connectivity index (χ3v) is 4.37. The molecule has 0 saturated heterocycles. The van der Waals surface area contributed by atoms with E-state index in [4.69, 9.17) is 0 Å². The average molecular weight is 273 g/mol. The Hall–Kier alpha value is -1.08. The van der Waals surface area contributed by atoms with E-state index in [1.54, 1.807) is 0 Å². The number of hydrogen-bond acceptors (Lipinski definition) is 0. The summed E-state index contributed by atoms with van der Waals surface area (Å²) < 4.78 is 1.31. The van der Waals surface area contributed by atoms with Gasteiger partial charge in [0.25, 0.3) is 0 Å². The summed E-state index contributed by atoms with van der Waals surface area (Å²) in [7, 11) is 0. The summed E-state index contributed by atoms with van der Waals surface area (Å²) in [6.07, 6.45) is 2.16. The fourth-order valence-electron chi connectivity index (χ4n) is 2.50. The van der Waals surface area contributed by atoms with Crippen LogP contribution in [0.3, 0.4) is 0 Å². The van der Waals surface area contributed by atoms with Gasteiger partial charge in [0.1, 0.15) is 0 Å². The minimum absolute atomic E-state index is 1.07.